The van der Waals surface area contributed by atoms with Crippen LogP contribution < -0.4 is 4.74 Å². The topological polar surface area (TPSA) is 44.8 Å². The van der Waals surface area contributed by atoms with Gasteiger partial charge in [-0.25, -0.2) is 4.79 Å². The van der Waals surface area contributed by atoms with Crippen LogP contribution in [0.25, 0.3) is 0 Å². The van der Waals surface area contributed by atoms with Gasteiger partial charge in [-0.2, -0.15) is 0 Å². The van der Waals surface area contributed by atoms with E-state index < -0.39 is 19.9 Å². The first-order chi connectivity index (χ1) is 11.9. The number of hydrogen-bond acceptors (Lipinski definition) is 4. The Morgan fingerprint density at radius 1 is 1.15 bits per heavy atom. The number of para-hydroxylation sites is 1. The van der Waals surface area contributed by atoms with Crippen LogP contribution in [0.3, 0.4) is 0 Å². The Balaban J connectivity index is 2.32. The summed E-state index contributed by atoms with van der Waals surface area (Å²) in [4.78, 5) is 13.1. The molecule has 0 spiro atoms. The van der Waals surface area contributed by atoms with Gasteiger partial charge in [-0.05, 0) is 62.2 Å². The number of allylic oxidation sites excluding steroid dienone is 2. The predicted octanol–water partition coefficient (Wildman–Crippen LogP) is 5.42. The fraction of sp³-hybridized carbons (Fsp3) is 0.476. The monoisotopic (exact) mass is 374 g/mol. The van der Waals surface area contributed by atoms with Gasteiger partial charge in [0.05, 0.1) is 6.26 Å². The molecule has 0 fully saturated rings. The predicted molar refractivity (Wildman–Crippen MR) is 107 cm³/mol. The fourth-order valence-electron chi connectivity index (χ4n) is 2.38. The second-order valence-electron chi connectivity index (χ2n) is 8.48. The van der Waals surface area contributed by atoms with Gasteiger partial charge in [-0.3, -0.25) is 0 Å². The normalized spacial score (nSPS) is 20.2. The van der Waals surface area contributed by atoms with Gasteiger partial charge in [0.15, 0.2) is 0 Å². The van der Waals surface area contributed by atoms with Gasteiger partial charge in [-0.15, -0.1) is 0 Å². The van der Waals surface area contributed by atoms with Crippen LogP contribution in [0.1, 0.15) is 38.8 Å². The maximum absolute atomic E-state index is 13.1. The fourth-order valence-corrected chi connectivity index (χ4v) is 3.50. The quantitative estimate of drug-likeness (QED) is 0.401. The van der Waals surface area contributed by atoms with Crippen LogP contribution in [0.5, 0.6) is 5.75 Å². The van der Waals surface area contributed by atoms with Crippen LogP contribution in [-0.4, -0.2) is 19.9 Å². The summed E-state index contributed by atoms with van der Waals surface area (Å²) in [6.07, 6.45) is 5.05. The van der Waals surface area contributed by atoms with Gasteiger partial charge in [0.1, 0.15) is 11.5 Å². The maximum atomic E-state index is 13.1. The lowest BCUT2D eigenvalue weighted by molar-refractivity contribution is -0.153. The minimum absolute atomic E-state index is 0.00637. The van der Waals surface area contributed by atoms with Crippen molar-refractivity contribution in [3.8, 4) is 5.75 Å². The van der Waals surface area contributed by atoms with Gasteiger partial charge in [0.2, 0.25) is 8.32 Å². The summed E-state index contributed by atoms with van der Waals surface area (Å²) in [6, 6.07) is 5.78. The molecule has 1 atom stereocenters. The first kappa shape index (κ1) is 20.3. The van der Waals surface area contributed by atoms with Crippen molar-refractivity contribution in [3.63, 3.8) is 0 Å². The Hall–Kier alpha value is -2.01. The Morgan fingerprint density at radius 2 is 1.73 bits per heavy atom. The van der Waals surface area contributed by atoms with Crippen LogP contribution in [0.15, 0.2) is 42.4 Å². The van der Waals surface area contributed by atoms with Gasteiger partial charge >= 0.3 is 5.97 Å². The zero-order chi connectivity index (χ0) is 19.8. The van der Waals surface area contributed by atoms with Crippen molar-refractivity contribution in [3.05, 3.63) is 53.5 Å². The minimum Gasteiger partial charge on any atom is -0.543 e. The second-order valence-corrected chi connectivity index (χ2v) is 13.2. The van der Waals surface area contributed by atoms with Crippen molar-refractivity contribution in [1.82, 2.24) is 0 Å². The molecule has 1 aromatic rings. The molecule has 0 amide bonds. The third-order valence-corrected chi connectivity index (χ3v) is 9.61. The molecule has 0 unspecified atom stereocenters. The molecule has 0 aliphatic carbocycles. The van der Waals surface area contributed by atoms with Crippen LogP contribution in [0.4, 0.5) is 0 Å². The zero-order valence-corrected chi connectivity index (χ0v) is 18.1. The lowest BCUT2D eigenvalue weighted by Gasteiger charge is -2.41. The Kier molecular flexibility index (Phi) is 5.43. The summed E-state index contributed by atoms with van der Waals surface area (Å²) >= 11 is 0. The van der Waals surface area contributed by atoms with E-state index in [-0.39, 0.29) is 5.04 Å². The Bertz CT molecular complexity index is 736. The molecule has 1 heterocycles. The van der Waals surface area contributed by atoms with E-state index in [2.05, 4.69) is 33.9 Å². The molecule has 5 heteroatoms. The van der Waals surface area contributed by atoms with E-state index in [0.717, 1.165) is 11.1 Å². The highest BCUT2D eigenvalue weighted by atomic mass is 28.4. The number of rotatable bonds is 4. The van der Waals surface area contributed by atoms with Gasteiger partial charge in [-0.1, -0.05) is 39.0 Å². The lowest BCUT2D eigenvalue weighted by Crippen LogP contribution is -2.49. The molecule has 0 radical (unpaired) electrons. The van der Waals surface area contributed by atoms with Crippen molar-refractivity contribution in [2.45, 2.75) is 65.3 Å². The molecular weight excluding hydrogens is 344 g/mol. The van der Waals surface area contributed by atoms with Gasteiger partial charge < -0.3 is 13.9 Å². The number of benzene rings is 1. The van der Waals surface area contributed by atoms with E-state index in [1.54, 1.807) is 19.1 Å². The molecule has 26 heavy (non-hydrogen) atoms. The van der Waals surface area contributed by atoms with Crippen molar-refractivity contribution >= 4 is 14.3 Å². The highest BCUT2D eigenvalue weighted by molar-refractivity contribution is 6.74. The summed E-state index contributed by atoms with van der Waals surface area (Å²) in [5.74, 6) is 0.593. The standard InChI is InChI=1S/C21H30O4Si/c1-15-11-9-12-16(2)18(15)24-19(22)21(6)17(13-10-14-23-21)25-26(7,8)20(3,4)5/h9-14H,1-8H3/t21-/m1/s1. The van der Waals surface area contributed by atoms with E-state index in [1.165, 1.54) is 6.26 Å². The summed E-state index contributed by atoms with van der Waals surface area (Å²) in [6.45, 7) is 16.3. The third kappa shape index (κ3) is 3.88. The number of esters is 1. The van der Waals surface area contributed by atoms with Crippen molar-refractivity contribution in [2.75, 3.05) is 0 Å². The molecule has 1 aromatic carbocycles. The molecule has 0 N–H and O–H groups in total. The Labute approximate surface area is 158 Å². The molecule has 0 saturated carbocycles. The van der Waals surface area contributed by atoms with Crippen LogP contribution in [0.2, 0.25) is 18.1 Å². The molecule has 1 aliphatic rings. The zero-order valence-electron chi connectivity index (χ0n) is 17.1. The van der Waals surface area contributed by atoms with E-state index in [4.69, 9.17) is 13.9 Å². The number of carbonyl (C=O) groups is 1. The van der Waals surface area contributed by atoms with Crippen molar-refractivity contribution in [2.24, 2.45) is 0 Å². The Morgan fingerprint density at radius 3 is 2.27 bits per heavy atom. The van der Waals surface area contributed by atoms with Crippen molar-refractivity contribution in [1.29, 1.82) is 0 Å². The SMILES string of the molecule is Cc1cccc(C)c1OC(=O)[C@]1(C)OC=CC=C1O[Si](C)(C)C(C)(C)C. The van der Waals surface area contributed by atoms with Gasteiger partial charge in [0.25, 0.3) is 5.60 Å². The molecular formula is C21H30O4Si. The molecule has 4 nitrogen and oxygen atoms in total. The number of aryl methyl sites for hydroxylation is 2. The summed E-state index contributed by atoms with van der Waals surface area (Å²) in [5.41, 5.74) is 0.507. The highest BCUT2D eigenvalue weighted by Gasteiger charge is 2.48. The molecule has 0 aromatic heterocycles. The number of hydrogen-bond donors (Lipinski definition) is 0. The maximum Gasteiger partial charge on any atom is 0.363 e. The molecule has 0 bridgehead atoms. The van der Waals surface area contributed by atoms with Crippen LogP contribution in [-0.2, 0) is 14.0 Å². The largest absolute Gasteiger partial charge is 0.543 e. The lowest BCUT2D eigenvalue weighted by atomic mass is 10.0. The van der Waals surface area contributed by atoms with E-state index >= 15 is 0 Å². The molecule has 0 saturated heterocycles. The smallest absolute Gasteiger partial charge is 0.363 e. The van der Waals surface area contributed by atoms with Crippen LogP contribution in [0, 0.1) is 13.8 Å². The van der Waals surface area contributed by atoms with Crippen LogP contribution >= 0.6 is 0 Å². The average molecular weight is 375 g/mol. The summed E-state index contributed by atoms with van der Waals surface area (Å²) in [7, 11) is -2.13. The van der Waals surface area contributed by atoms with Gasteiger partial charge in [0, 0.05) is 0 Å². The van der Waals surface area contributed by atoms with E-state index in [0.29, 0.717) is 11.5 Å². The molecule has 142 valence electrons. The first-order valence-electron chi connectivity index (χ1n) is 8.91. The van der Waals surface area contributed by atoms with Crippen molar-refractivity contribution < 1.29 is 18.7 Å². The third-order valence-electron chi connectivity index (χ3n) is 5.26. The van der Waals surface area contributed by atoms with E-state index in [1.807, 2.05) is 32.0 Å². The molecule has 1 aliphatic heterocycles. The number of carbonyl (C=O) groups excluding carboxylic acids is 1. The highest BCUT2D eigenvalue weighted by Crippen LogP contribution is 2.41. The van der Waals surface area contributed by atoms with E-state index in [9.17, 15) is 4.79 Å². The molecule has 2 rings (SSSR count). The second kappa shape index (κ2) is 6.95. The average Bonchev–Trinajstić information content (AvgIpc) is 2.52. The summed E-state index contributed by atoms with van der Waals surface area (Å²) in [5, 5.41) is 0.00637. The summed E-state index contributed by atoms with van der Waals surface area (Å²) < 4.78 is 17.9. The number of ether oxygens (including phenoxy) is 2. The first-order valence-corrected chi connectivity index (χ1v) is 11.8. The minimum atomic E-state index is -2.13.